The van der Waals surface area contributed by atoms with Gasteiger partial charge in [0.15, 0.2) is 5.13 Å². The van der Waals surface area contributed by atoms with E-state index in [1.165, 1.54) is 34.1 Å². The molecule has 0 bridgehead atoms. The third-order valence-corrected chi connectivity index (χ3v) is 4.37. The van der Waals surface area contributed by atoms with Crippen molar-refractivity contribution in [3.05, 3.63) is 64.4 Å². The predicted octanol–water partition coefficient (Wildman–Crippen LogP) is 4.98. The standard InChI is InChI=1S/C19H18N2O2S/c1-12-9-13(2)18(14(3)10-12)16-11-24-19(20-16)21-17(22)7-6-15-5-4-8-23-15/h4-11H,1-3H3,(H,20,21,22)/b7-6+. The average molecular weight is 338 g/mol. The van der Waals surface area contributed by atoms with Crippen molar-refractivity contribution in [3.63, 3.8) is 0 Å². The fraction of sp³-hybridized carbons (Fsp3) is 0.158. The second kappa shape index (κ2) is 6.84. The fourth-order valence-corrected chi connectivity index (χ4v) is 3.43. The van der Waals surface area contributed by atoms with Crippen molar-refractivity contribution in [2.75, 3.05) is 5.32 Å². The number of amides is 1. The minimum absolute atomic E-state index is 0.232. The Labute approximate surface area is 144 Å². The number of furan rings is 1. The second-order valence-corrected chi connectivity index (χ2v) is 6.51. The molecule has 2 aromatic heterocycles. The van der Waals surface area contributed by atoms with Crippen molar-refractivity contribution < 1.29 is 9.21 Å². The summed E-state index contributed by atoms with van der Waals surface area (Å²) < 4.78 is 5.15. The summed E-state index contributed by atoms with van der Waals surface area (Å²) in [5.74, 6) is 0.403. The highest BCUT2D eigenvalue weighted by molar-refractivity contribution is 7.14. The molecule has 24 heavy (non-hydrogen) atoms. The van der Waals surface area contributed by atoms with Crippen molar-refractivity contribution in [2.24, 2.45) is 0 Å². The van der Waals surface area contributed by atoms with E-state index < -0.39 is 0 Å². The van der Waals surface area contributed by atoms with Gasteiger partial charge in [-0.1, -0.05) is 17.7 Å². The van der Waals surface area contributed by atoms with Gasteiger partial charge in [-0.15, -0.1) is 11.3 Å². The smallest absolute Gasteiger partial charge is 0.250 e. The van der Waals surface area contributed by atoms with Crippen molar-refractivity contribution in [3.8, 4) is 11.3 Å². The number of carbonyl (C=O) groups is 1. The zero-order valence-electron chi connectivity index (χ0n) is 13.8. The molecule has 2 heterocycles. The monoisotopic (exact) mass is 338 g/mol. The van der Waals surface area contributed by atoms with Gasteiger partial charge < -0.3 is 4.42 Å². The van der Waals surface area contributed by atoms with E-state index in [9.17, 15) is 4.79 Å². The number of nitrogens with zero attached hydrogens (tertiary/aromatic N) is 1. The molecule has 0 saturated carbocycles. The van der Waals surface area contributed by atoms with Crippen molar-refractivity contribution in [1.82, 2.24) is 4.98 Å². The zero-order chi connectivity index (χ0) is 17.1. The highest BCUT2D eigenvalue weighted by atomic mass is 32.1. The van der Waals surface area contributed by atoms with Gasteiger partial charge >= 0.3 is 0 Å². The van der Waals surface area contributed by atoms with E-state index in [1.807, 2.05) is 5.38 Å². The number of carbonyl (C=O) groups excluding carboxylic acids is 1. The summed E-state index contributed by atoms with van der Waals surface area (Å²) in [4.78, 5) is 16.5. The first-order chi connectivity index (χ1) is 11.5. The molecule has 4 nitrogen and oxygen atoms in total. The molecule has 1 N–H and O–H groups in total. The van der Waals surface area contributed by atoms with Gasteiger partial charge in [-0.2, -0.15) is 0 Å². The number of nitrogens with one attached hydrogen (secondary N) is 1. The number of aryl methyl sites for hydroxylation is 3. The maximum atomic E-state index is 12.0. The quantitative estimate of drug-likeness (QED) is 0.683. The maximum Gasteiger partial charge on any atom is 0.250 e. The first kappa shape index (κ1) is 16.2. The highest BCUT2D eigenvalue weighted by Gasteiger charge is 2.11. The van der Waals surface area contributed by atoms with Crippen LogP contribution in [0.1, 0.15) is 22.5 Å². The Morgan fingerprint density at radius 3 is 2.67 bits per heavy atom. The number of rotatable bonds is 4. The molecule has 3 aromatic rings. The van der Waals surface area contributed by atoms with Crippen molar-refractivity contribution in [1.29, 1.82) is 0 Å². The lowest BCUT2D eigenvalue weighted by Crippen LogP contribution is -2.07. The molecule has 1 amide bonds. The molecule has 0 saturated heterocycles. The van der Waals surface area contributed by atoms with Crippen LogP contribution in [0.15, 0.2) is 46.4 Å². The lowest BCUT2D eigenvalue weighted by atomic mass is 9.98. The molecule has 0 spiro atoms. The first-order valence-corrected chi connectivity index (χ1v) is 8.47. The molecule has 0 aliphatic rings. The molecule has 5 heteroatoms. The van der Waals surface area contributed by atoms with Crippen molar-refractivity contribution in [2.45, 2.75) is 20.8 Å². The molecule has 0 atom stereocenters. The van der Waals surface area contributed by atoms with E-state index in [-0.39, 0.29) is 5.91 Å². The Bertz CT molecular complexity index is 869. The second-order valence-electron chi connectivity index (χ2n) is 5.65. The molecule has 0 aliphatic carbocycles. The Hall–Kier alpha value is -2.66. The van der Waals surface area contributed by atoms with Crippen LogP contribution in [-0.2, 0) is 4.79 Å². The lowest BCUT2D eigenvalue weighted by Gasteiger charge is -2.08. The number of thiazole rings is 1. The van der Waals surface area contributed by atoms with Crippen molar-refractivity contribution >= 4 is 28.5 Å². The summed E-state index contributed by atoms with van der Waals surface area (Å²) in [6.45, 7) is 6.25. The van der Waals surface area contributed by atoms with E-state index >= 15 is 0 Å². The number of hydrogen-bond acceptors (Lipinski definition) is 4. The molecule has 1 aromatic carbocycles. The third-order valence-electron chi connectivity index (χ3n) is 3.61. The van der Waals surface area contributed by atoms with Crippen LogP contribution in [-0.4, -0.2) is 10.9 Å². The van der Waals surface area contributed by atoms with Crippen LogP contribution in [0.4, 0.5) is 5.13 Å². The SMILES string of the molecule is Cc1cc(C)c(-c2csc(NC(=O)/C=C/c3ccco3)n2)c(C)c1. The van der Waals surface area contributed by atoms with Crippen LogP contribution in [0.25, 0.3) is 17.3 Å². The largest absolute Gasteiger partial charge is 0.465 e. The average Bonchev–Trinajstić information content (AvgIpc) is 3.16. The van der Waals surface area contributed by atoms with Gasteiger partial charge in [0.1, 0.15) is 5.76 Å². The van der Waals surface area contributed by atoms with E-state index in [1.54, 1.807) is 24.5 Å². The number of anilines is 1. The number of benzene rings is 1. The van der Waals surface area contributed by atoms with Gasteiger partial charge in [0.2, 0.25) is 5.91 Å². The Morgan fingerprint density at radius 2 is 2.00 bits per heavy atom. The predicted molar refractivity (Wildman–Crippen MR) is 98.1 cm³/mol. The lowest BCUT2D eigenvalue weighted by molar-refractivity contribution is -0.111. The Balaban J connectivity index is 1.75. The molecule has 0 radical (unpaired) electrons. The molecule has 122 valence electrons. The Morgan fingerprint density at radius 1 is 1.25 bits per heavy atom. The van der Waals surface area contributed by atoms with Gasteiger partial charge in [0.05, 0.1) is 12.0 Å². The van der Waals surface area contributed by atoms with Gasteiger partial charge in [0, 0.05) is 17.0 Å². The number of aromatic nitrogens is 1. The summed E-state index contributed by atoms with van der Waals surface area (Å²) in [6.07, 6.45) is 4.62. The molecular formula is C19H18N2O2S. The minimum atomic E-state index is -0.232. The molecular weight excluding hydrogens is 320 g/mol. The highest BCUT2D eigenvalue weighted by Crippen LogP contribution is 2.31. The van der Waals surface area contributed by atoms with Crippen LogP contribution < -0.4 is 5.32 Å². The molecule has 0 aliphatic heterocycles. The number of hydrogen-bond donors (Lipinski definition) is 1. The summed E-state index contributed by atoms with van der Waals surface area (Å²) in [5.41, 5.74) is 5.63. The molecule has 0 fully saturated rings. The topological polar surface area (TPSA) is 55.1 Å². The van der Waals surface area contributed by atoms with Crippen LogP contribution >= 0.6 is 11.3 Å². The summed E-state index contributed by atoms with van der Waals surface area (Å²) in [6, 6.07) is 7.85. The summed E-state index contributed by atoms with van der Waals surface area (Å²) in [7, 11) is 0. The molecule has 3 rings (SSSR count). The van der Waals surface area contributed by atoms with E-state index in [0.717, 1.165) is 11.3 Å². The Kier molecular flexibility index (Phi) is 4.62. The van der Waals surface area contributed by atoms with Gasteiger partial charge in [0.25, 0.3) is 0 Å². The maximum absolute atomic E-state index is 12.0. The molecule has 0 unspecified atom stereocenters. The van der Waals surface area contributed by atoms with Crippen LogP contribution in [0, 0.1) is 20.8 Å². The van der Waals surface area contributed by atoms with Gasteiger partial charge in [-0.05, 0) is 50.1 Å². The summed E-state index contributed by atoms with van der Waals surface area (Å²) in [5, 5.41) is 5.34. The van der Waals surface area contributed by atoms with E-state index in [4.69, 9.17) is 4.42 Å². The van der Waals surface area contributed by atoms with E-state index in [2.05, 4.69) is 43.2 Å². The zero-order valence-corrected chi connectivity index (χ0v) is 14.6. The fourth-order valence-electron chi connectivity index (χ4n) is 2.72. The van der Waals surface area contributed by atoms with Crippen LogP contribution in [0.2, 0.25) is 0 Å². The van der Waals surface area contributed by atoms with Gasteiger partial charge in [-0.3, -0.25) is 10.1 Å². The normalized spacial score (nSPS) is 11.1. The third kappa shape index (κ3) is 3.63. The minimum Gasteiger partial charge on any atom is -0.465 e. The van der Waals surface area contributed by atoms with Gasteiger partial charge in [-0.25, -0.2) is 4.98 Å². The van der Waals surface area contributed by atoms with Crippen LogP contribution in [0.3, 0.4) is 0 Å². The van der Waals surface area contributed by atoms with Crippen LogP contribution in [0.5, 0.6) is 0 Å². The first-order valence-electron chi connectivity index (χ1n) is 7.59. The summed E-state index contributed by atoms with van der Waals surface area (Å²) >= 11 is 1.42. The van der Waals surface area contributed by atoms with E-state index in [0.29, 0.717) is 10.9 Å².